The van der Waals surface area contributed by atoms with Crippen molar-refractivity contribution in [2.24, 2.45) is 5.10 Å². The molecule has 0 aliphatic heterocycles. The van der Waals surface area contributed by atoms with Crippen molar-refractivity contribution in [1.82, 2.24) is 5.43 Å². The topological polar surface area (TPSA) is 42.8 Å². The number of nitrogens with one attached hydrogen (secondary N) is 1. The van der Waals surface area contributed by atoms with Crippen molar-refractivity contribution in [2.45, 2.75) is 20.1 Å². The van der Waals surface area contributed by atoms with Gasteiger partial charge >= 0.3 is 0 Å². The molecule has 156 valence electrons. The SMILES string of the molecule is CCOc1cc(/C=N\NCc2c(Cl)cccc2Cl)ccc1OCc1ccc(I)cc1. The van der Waals surface area contributed by atoms with Crippen LogP contribution in [0.1, 0.15) is 23.6 Å². The second kappa shape index (κ2) is 11.4. The molecule has 3 rings (SSSR count). The first kappa shape index (κ1) is 22.7. The Morgan fingerprint density at radius 1 is 0.967 bits per heavy atom. The van der Waals surface area contributed by atoms with Crippen LogP contribution in [0.25, 0.3) is 0 Å². The summed E-state index contributed by atoms with van der Waals surface area (Å²) in [5, 5.41) is 5.48. The van der Waals surface area contributed by atoms with Gasteiger partial charge in [-0.05, 0) is 83.1 Å². The van der Waals surface area contributed by atoms with Gasteiger partial charge in [0.1, 0.15) is 6.61 Å². The quantitative estimate of drug-likeness (QED) is 0.182. The number of hydrazone groups is 1. The molecule has 0 fully saturated rings. The molecule has 4 nitrogen and oxygen atoms in total. The highest BCUT2D eigenvalue weighted by Crippen LogP contribution is 2.29. The molecular weight excluding hydrogens is 534 g/mol. The van der Waals surface area contributed by atoms with Gasteiger partial charge in [-0.25, -0.2) is 0 Å². The van der Waals surface area contributed by atoms with Crippen molar-refractivity contribution >= 4 is 52.0 Å². The van der Waals surface area contributed by atoms with Gasteiger partial charge in [-0.1, -0.05) is 41.4 Å². The van der Waals surface area contributed by atoms with Crippen LogP contribution in [0.5, 0.6) is 11.5 Å². The number of rotatable bonds is 9. The summed E-state index contributed by atoms with van der Waals surface area (Å²) in [5.41, 5.74) is 5.78. The van der Waals surface area contributed by atoms with Crippen molar-refractivity contribution in [2.75, 3.05) is 6.61 Å². The highest BCUT2D eigenvalue weighted by atomic mass is 127. The molecule has 0 atom stereocenters. The van der Waals surface area contributed by atoms with E-state index < -0.39 is 0 Å². The smallest absolute Gasteiger partial charge is 0.161 e. The maximum absolute atomic E-state index is 6.17. The van der Waals surface area contributed by atoms with E-state index in [1.54, 1.807) is 18.3 Å². The molecular formula is C23H21Cl2IN2O2. The fraction of sp³-hybridized carbons (Fsp3) is 0.174. The Kier molecular flexibility index (Phi) is 8.66. The summed E-state index contributed by atoms with van der Waals surface area (Å²) in [4.78, 5) is 0. The zero-order chi connectivity index (χ0) is 21.3. The van der Waals surface area contributed by atoms with Crippen molar-refractivity contribution in [3.63, 3.8) is 0 Å². The fourth-order valence-electron chi connectivity index (χ4n) is 2.68. The summed E-state index contributed by atoms with van der Waals surface area (Å²) in [6.07, 6.45) is 1.72. The zero-order valence-corrected chi connectivity index (χ0v) is 20.0. The van der Waals surface area contributed by atoms with Crippen LogP contribution in [0.2, 0.25) is 10.0 Å². The third-order valence-electron chi connectivity index (χ3n) is 4.20. The second-order valence-electron chi connectivity index (χ2n) is 6.35. The van der Waals surface area contributed by atoms with Gasteiger partial charge in [0.2, 0.25) is 0 Å². The molecule has 1 N–H and O–H groups in total. The largest absolute Gasteiger partial charge is 0.490 e. The summed E-state index contributed by atoms with van der Waals surface area (Å²) in [6.45, 7) is 3.40. The van der Waals surface area contributed by atoms with Crippen molar-refractivity contribution < 1.29 is 9.47 Å². The first-order valence-corrected chi connectivity index (χ1v) is 11.2. The second-order valence-corrected chi connectivity index (χ2v) is 8.41. The number of hydrogen-bond acceptors (Lipinski definition) is 4. The van der Waals surface area contributed by atoms with Gasteiger partial charge < -0.3 is 14.9 Å². The number of benzene rings is 3. The minimum Gasteiger partial charge on any atom is -0.490 e. The van der Waals surface area contributed by atoms with Gasteiger partial charge in [-0.15, -0.1) is 0 Å². The maximum atomic E-state index is 6.17. The molecule has 0 aliphatic carbocycles. The third-order valence-corrected chi connectivity index (χ3v) is 5.63. The molecule has 0 heterocycles. The summed E-state index contributed by atoms with van der Waals surface area (Å²) in [7, 11) is 0. The molecule has 3 aromatic carbocycles. The van der Waals surface area contributed by atoms with E-state index in [-0.39, 0.29) is 0 Å². The van der Waals surface area contributed by atoms with Gasteiger partial charge in [0.15, 0.2) is 11.5 Å². The lowest BCUT2D eigenvalue weighted by molar-refractivity contribution is 0.269. The number of hydrogen-bond donors (Lipinski definition) is 1. The van der Waals surface area contributed by atoms with Crippen LogP contribution in [0, 0.1) is 3.57 Å². The van der Waals surface area contributed by atoms with E-state index in [0.29, 0.717) is 41.3 Å². The van der Waals surface area contributed by atoms with Crippen molar-refractivity contribution in [3.8, 4) is 11.5 Å². The Morgan fingerprint density at radius 3 is 2.40 bits per heavy atom. The number of halogens is 3. The van der Waals surface area contributed by atoms with Gasteiger partial charge in [-0.2, -0.15) is 5.10 Å². The predicted octanol–water partition coefficient (Wildman–Crippen LogP) is 6.70. The highest BCUT2D eigenvalue weighted by molar-refractivity contribution is 14.1. The van der Waals surface area contributed by atoms with E-state index in [2.05, 4.69) is 57.4 Å². The number of ether oxygens (including phenoxy) is 2. The summed E-state index contributed by atoms with van der Waals surface area (Å²) < 4.78 is 12.9. The molecule has 0 unspecified atom stereocenters. The fourth-order valence-corrected chi connectivity index (χ4v) is 3.57. The normalized spacial score (nSPS) is 10.9. The Hall–Kier alpha value is -1.96. The average Bonchev–Trinajstić information content (AvgIpc) is 2.73. The van der Waals surface area contributed by atoms with Crippen molar-refractivity contribution in [1.29, 1.82) is 0 Å². The van der Waals surface area contributed by atoms with Gasteiger partial charge in [-0.3, -0.25) is 0 Å². The first-order valence-electron chi connectivity index (χ1n) is 9.39. The minimum absolute atomic E-state index is 0.435. The van der Waals surface area contributed by atoms with Gasteiger partial charge in [0.05, 0.1) is 19.4 Å². The Balaban J connectivity index is 1.63. The van der Waals surface area contributed by atoms with Gasteiger partial charge in [0.25, 0.3) is 0 Å². The minimum atomic E-state index is 0.435. The van der Waals surface area contributed by atoms with E-state index in [4.69, 9.17) is 32.7 Å². The molecule has 0 bridgehead atoms. The summed E-state index contributed by atoms with van der Waals surface area (Å²) in [5.74, 6) is 1.38. The lowest BCUT2D eigenvalue weighted by atomic mass is 10.2. The van der Waals surface area contributed by atoms with Crippen molar-refractivity contribution in [3.05, 3.63) is 91.0 Å². The standard InChI is InChI=1S/C23H21Cl2IN2O2/c1-2-29-23-12-17(13-27-28-14-19-20(24)4-3-5-21(19)25)8-11-22(23)30-15-16-6-9-18(26)10-7-16/h3-13,28H,2,14-15H2,1H3/b27-13-. The molecule has 0 saturated carbocycles. The first-order chi connectivity index (χ1) is 14.6. The number of nitrogens with zero attached hydrogens (tertiary/aromatic N) is 1. The molecule has 3 aromatic rings. The summed E-state index contributed by atoms with van der Waals surface area (Å²) in [6, 6.07) is 19.4. The van der Waals surface area contributed by atoms with Crippen LogP contribution in [0.4, 0.5) is 0 Å². The maximum Gasteiger partial charge on any atom is 0.161 e. The van der Waals surface area contributed by atoms with Crippen LogP contribution < -0.4 is 14.9 Å². The van der Waals surface area contributed by atoms with Crippen LogP contribution in [-0.2, 0) is 13.2 Å². The molecule has 0 aliphatic rings. The Labute approximate surface area is 200 Å². The van der Waals surface area contributed by atoms with Gasteiger partial charge in [0, 0.05) is 19.2 Å². The Bertz CT molecular complexity index is 990. The molecule has 0 saturated heterocycles. The van der Waals surface area contributed by atoms with Crippen LogP contribution in [0.3, 0.4) is 0 Å². The van der Waals surface area contributed by atoms with E-state index in [1.807, 2.05) is 31.2 Å². The van der Waals surface area contributed by atoms with Crippen LogP contribution in [-0.4, -0.2) is 12.8 Å². The third kappa shape index (κ3) is 6.52. The zero-order valence-electron chi connectivity index (χ0n) is 16.4. The Morgan fingerprint density at radius 2 is 1.70 bits per heavy atom. The molecule has 0 aromatic heterocycles. The average molecular weight is 555 g/mol. The lowest BCUT2D eigenvalue weighted by Crippen LogP contribution is -2.07. The molecule has 0 spiro atoms. The molecule has 0 radical (unpaired) electrons. The summed E-state index contributed by atoms with van der Waals surface area (Å²) >= 11 is 14.6. The van der Waals surface area contributed by atoms with E-state index in [0.717, 1.165) is 16.7 Å². The predicted molar refractivity (Wildman–Crippen MR) is 132 cm³/mol. The molecule has 30 heavy (non-hydrogen) atoms. The van der Waals surface area contributed by atoms with Crippen LogP contribution in [0.15, 0.2) is 65.8 Å². The molecule has 0 amide bonds. The monoisotopic (exact) mass is 554 g/mol. The van der Waals surface area contributed by atoms with Crippen LogP contribution >= 0.6 is 45.8 Å². The molecule has 7 heteroatoms. The van der Waals surface area contributed by atoms with E-state index >= 15 is 0 Å². The highest BCUT2D eigenvalue weighted by Gasteiger charge is 2.07. The van der Waals surface area contributed by atoms with E-state index in [9.17, 15) is 0 Å². The van der Waals surface area contributed by atoms with E-state index in [1.165, 1.54) is 3.57 Å². The lowest BCUT2D eigenvalue weighted by Gasteiger charge is -2.13.